The maximum absolute atomic E-state index is 15.4. The molecule has 3 heterocycles. The van der Waals surface area contributed by atoms with Gasteiger partial charge in [0.15, 0.2) is 5.69 Å². The van der Waals surface area contributed by atoms with Gasteiger partial charge in [-0.15, -0.1) is 0 Å². The van der Waals surface area contributed by atoms with Crippen molar-refractivity contribution < 1.29 is 18.7 Å². The topological polar surface area (TPSA) is 76.6 Å². The predicted molar refractivity (Wildman–Crippen MR) is 150 cm³/mol. The van der Waals surface area contributed by atoms with Gasteiger partial charge in [0, 0.05) is 30.6 Å². The van der Waals surface area contributed by atoms with E-state index in [9.17, 15) is 4.79 Å². The number of carbonyl (C=O) groups is 1. The third-order valence-corrected chi connectivity index (χ3v) is 7.20. The van der Waals surface area contributed by atoms with Crippen LogP contribution in [0.25, 0.3) is 32.9 Å². The first-order valence-corrected chi connectivity index (χ1v) is 13.1. The largest absolute Gasteiger partial charge is 0.476 e. The van der Waals surface area contributed by atoms with Gasteiger partial charge in [0.25, 0.3) is 0 Å². The van der Waals surface area contributed by atoms with Gasteiger partial charge in [-0.25, -0.2) is 24.0 Å². The van der Waals surface area contributed by atoms with Crippen LogP contribution < -0.4 is 4.74 Å². The first-order valence-electron chi connectivity index (χ1n) is 13.1. The minimum absolute atomic E-state index is 0.0611. The van der Waals surface area contributed by atoms with Crippen LogP contribution in [0.2, 0.25) is 0 Å². The molecule has 1 aliphatic rings. The number of amides is 1. The van der Waals surface area contributed by atoms with Crippen molar-refractivity contribution in [3.05, 3.63) is 77.8 Å². The number of fused-ring (bicyclic) bond motifs is 1. The lowest BCUT2D eigenvalue weighted by Gasteiger charge is -2.29. The van der Waals surface area contributed by atoms with Gasteiger partial charge in [-0.3, -0.25) is 4.40 Å². The van der Waals surface area contributed by atoms with Gasteiger partial charge in [0.1, 0.15) is 11.3 Å². The molecule has 0 bridgehead atoms. The molecule has 40 heavy (non-hydrogen) atoms. The zero-order chi connectivity index (χ0) is 28.2. The van der Waals surface area contributed by atoms with Crippen molar-refractivity contribution in [2.45, 2.75) is 19.4 Å². The Morgan fingerprint density at radius 3 is 2.70 bits per heavy atom. The highest BCUT2D eigenvalue weighted by molar-refractivity contribution is 5.82. The number of hydrogen-bond donors (Lipinski definition) is 0. The summed E-state index contributed by atoms with van der Waals surface area (Å²) < 4.78 is 28.3. The van der Waals surface area contributed by atoms with Gasteiger partial charge >= 0.3 is 6.09 Å². The number of ether oxygens (including phenoxy) is 2. The monoisotopic (exact) mass is 542 g/mol. The fraction of sp³-hybridized carbons (Fsp3) is 0.333. The fourth-order valence-corrected chi connectivity index (χ4v) is 5.14. The van der Waals surface area contributed by atoms with Gasteiger partial charge in [0.2, 0.25) is 5.88 Å². The van der Waals surface area contributed by atoms with Crippen molar-refractivity contribution in [1.29, 1.82) is 0 Å². The second kappa shape index (κ2) is 11.7. The van der Waals surface area contributed by atoms with Crippen molar-refractivity contribution in [1.82, 2.24) is 24.2 Å². The van der Waals surface area contributed by atoms with E-state index in [1.54, 1.807) is 43.8 Å². The molecular weight excluding hydrogens is 511 g/mol. The summed E-state index contributed by atoms with van der Waals surface area (Å²) in [6.07, 6.45) is 5.05. The Labute approximate surface area is 232 Å². The predicted octanol–water partition coefficient (Wildman–Crippen LogP) is 5.67. The molecule has 0 radical (unpaired) electrons. The van der Waals surface area contributed by atoms with Gasteiger partial charge in [-0.1, -0.05) is 36.4 Å². The van der Waals surface area contributed by atoms with Crippen LogP contribution in [-0.4, -0.2) is 71.2 Å². The van der Waals surface area contributed by atoms with Crippen LogP contribution >= 0.6 is 0 Å². The molecule has 206 valence electrons. The van der Waals surface area contributed by atoms with E-state index in [4.69, 9.17) is 21.0 Å². The number of imidazole rings is 1. The number of piperidine rings is 1. The molecular formula is C30H31FN6O3. The van der Waals surface area contributed by atoms with Crippen LogP contribution in [0.3, 0.4) is 0 Å². The maximum atomic E-state index is 15.4. The van der Waals surface area contributed by atoms with E-state index < -0.39 is 11.9 Å². The van der Waals surface area contributed by atoms with Crippen molar-refractivity contribution in [2.24, 2.45) is 5.92 Å². The normalized spacial score (nSPS) is 15.5. The molecule has 0 saturated carbocycles. The zero-order valence-corrected chi connectivity index (χ0v) is 22.8. The number of benzene rings is 2. The Hall–Kier alpha value is -4.49. The molecule has 2 aromatic heterocycles. The molecule has 0 unspecified atom stereocenters. The first kappa shape index (κ1) is 27.1. The SMILES string of the molecule is [C-]#[N+]c1ccc(-c2nc(OC[C@@H]3CCCN(C)C3)c3cncn3c2-c2ccc(CN(C)C(=O)OC)c(F)c2)cc1. The Morgan fingerprint density at radius 2 is 2.00 bits per heavy atom. The smallest absolute Gasteiger partial charge is 0.409 e. The molecule has 1 fully saturated rings. The van der Waals surface area contributed by atoms with E-state index in [1.165, 1.54) is 18.1 Å². The molecule has 0 N–H and O–H groups in total. The van der Waals surface area contributed by atoms with E-state index >= 15 is 4.39 Å². The average molecular weight is 543 g/mol. The standard InChI is InChI=1S/C30H31FN6O3/c1-32-24-11-9-21(10-12-24)27-28(22-7-8-23(25(31)14-22)17-36(3)30(38)39-4)37-19-33-15-26(37)29(34-27)40-18-20-6-5-13-35(2)16-20/h7-12,14-15,19-20H,5-6,13,16-18H2,2-4H3/t20-/m1/s1. The summed E-state index contributed by atoms with van der Waals surface area (Å²) >= 11 is 0. The third kappa shape index (κ3) is 5.60. The lowest BCUT2D eigenvalue weighted by Crippen LogP contribution is -2.34. The molecule has 2 aromatic carbocycles. The molecule has 5 rings (SSSR count). The summed E-state index contributed by atoms with van der Waals surface area (Å²) in [5.41, 5.74) is 4.10. The molecule has 4 aromatic rings. The molecule has 0 spiro atoms. The quantitative estimate of drug-likeness (QED) is 0.280. The number of aromatic nitrogens is 3. The van der Waals surface area contributed by atoms with E-state index in [0.717, 1.165) is 31.5 Å². The lowest BCUT2D eigenvalue weighted by molar-refractivity contribution is 0.131. The molecule has 0 aliphatic carbocycles. The minimum atomic E-state index is -0.548. The summed E-state index contributed by atoms with van der Waals surface area (Å²) in [7, 11) is 4.96. The van der Waals surface area contributed by atoms with E-state index in [0.29, 0.717) is 52.1 Å². The highest BCUT2D eigenvalue weighted by atomic mass is 19.1. The first-order chi connectivity index (χ1) is 19.4. The summed E-state index contributed by atoms with van der Waals surface area (Å²) in [5.74, 6) is 0.391. The van der Waals surface area contributed by atoms with Crippen LogP contribution in [0.1, 0.15) is 18.4 Å². The summed E-state index contributed by atoms with van der Waals surface area (Å²) in [6.45, 7) is 9.97. The van der Waals surface area contributed by atoms with Gasteiger partial charge in [0.05, 0.1) is 50.7 Å². The highest BCUT2D eigenvalue weighted by Crippen LogP contribution is 2.36. The molecule has 9 nitrogen and oxygen atoms in total. The number of rotatable bonds is 7. The number of methoxy groups -OCH3 is 1. The fourth-order valence-electron chi connectivity index (χ4n) is 5.14. The van der Waals surface area contributed by atoms with Gasteiger partial charge < -0.3 is 19.3 Å². The van der Waals surface area contributed by atoms with Crippen molar-refractivity contribution >= 4 is 17.3 Å². The highest BCUT2D eigenvalue weighted by Gasteiger charge is 2.23. The van der Waals surface area contributed by atoms with Crippen LogP contribution in [0.4, 0.5) is 14.9 Å². The van der Waals surface area contributed by atoms with Crippen LogP contribution in [0.15, 0.2) is 55.0 Å². The average Bonchev–Trinajstić information content (AvgIpc) is 3.46. The van der Waals surface area contributed by atoms with Gasteiger partial charge in [-0.2, -0.15) is 0 Å². The summed E-state index contributed by atoms with van der Waals surface area (Å²) in [5, 5.41) is 0. The third-order valence-electron chi connectivity index (χ3n) is 7.20. The van der Waals surface area contributed by atoms with E-state index in [2.05, 4.69) is 21.8 Å². The summed E-state index contributed by atoms with van der Waals surface area (Å²) in [4.78, 5) is 28.2. The molecule has 10 heteroatoms. The van der Waals surface area contributed by atoms with E-state index in [1.807, 2.05) is 16.5 Å². The van der Waals surface area contributed by atoms with Gasteiger partial charge in [-0.05, 0) is 38.1 Å². The van der Waals surface area contributed by atoms with Crippen LogP contribution in [0, 0.1) is 18.3 Å². The zero-order valence-electron chi connectivity index (χ0n) is 22.8. The molecule has 1 atom stereocenters. The molecule has 1 saturated heterocycles. The second-order valence-electron chi connectivity index (χ2n) is 10.1. The summed E-state index contributed by atoms with van der Waals surface area (Å²) in [6, 6.07) is 12.0. The lowest BCUT2D eigenvalue weighted by atomic mass is 9.99. The number of halogens is 1. The van der Waals surface area contributed by atoms with Crippen LogP contribution in [0.5, 0.6) is 5.88 Å². The maximum Gasteiger partial charge on any atom is 0.409 e. The number of likely N-dealkylation sites (tertiary alicyclic amines) is 1. The number of nitrogens with zero attached hydrogens (tertiary/aromatic N) is 6. The Bertz CT molecular complexity index is 1560. The molecule has 1 amide bonds. The van der Waals surface area contributed by atoms with E-state index in [-0.39, 0.29) is 6.54 Å². The number of carbonyl (C=O) groups excluding carboxylic acids is 1. The Kier molecular flexibility index (Phi) is 7.94. The Balaban J connectivity index is 1.58. The van der Waals surface area contributed by atoms with Crippen LogP contribution in [-0.2, 0) is 11.3 Å². The molecule has 1 aliphatic heterocycles. The van der Waals surface area contributed by atoms with Crippen molar-refractivity contribution in [2.75, 3.05) is 40.9 Å². The minimum Gasteiger partial charge on any atom is -0.476 e. The second-order valence-corrected chi connectivity index (χ2v) is 10.1. The van der Waals surface area contributed by atoms with Crippen molar-refractivity contribution in [3.63, 3.8) is 0 Å². The Morgan fingerprint density at radius 1 is 1.23 bits per heavy atom. The number of hydrogen-bond acceptors (Lipinski definition) is 6. The van der Waals surface area contributed by atoms with Crippen molar-refractivity contribution in [3.8, 4) is 28.4 Å².